The molecule has 2 aromatic rings. The SMILES string of the molecule is Cc1cc(Oc2cccc(F)c2CO)cc(C)c1Br. The van der Waals surface area contributed by atoms with Gasteiger partial charge in [-0.25, -0.2) is 4.39 Å². The van der Waals surface area contributed by atoms with Crippen LogP contribution in [0.2, 0.25) is 0 Å². The normalized spacial score (nSPS) is 10.6. The molecule has 0 aromatic heterocycles. The topological polar surface area (TPSA) is 29.5 Å². The third kappa shape index (κ3) is 2.96. The minimum Gasteiger partial charge on any atom is -0.457 e. The van der Waals surface area contributed by atoms with Crippen molar-refractivity contribution in [3.8, 4) is 11.5 Å². The summed E-state index contributed by atoms with van der Waals surface area (Å²) in [4.78, 5) is 0. The average molecular weight is 325 g/mol. The Hall–Kier alpha value is -1.39. The van der Waals surface area contributed by atoms with Crippen molar-refractivity contribution in [2.45, 2.75) is 20.5 Å². The molecular formula is C15H14BrFO2. The van der Waals surface area contributed by atoms with Crippen LogP contribution in [0.15, 0.2) is 34.8 Å². The second-order valence-electron chi connectivity index (χ2n) is 4.35. The van der Waals surface area contributed by atoms with Crippen LogP contribution < -0.4 is 4.74 Å². The van der Waals surface area contributed by atoms with Gasteiger partial charge in [-0.1, -0.05) is 22.0 Å². The molecule has 0 radical (unpaired) electrons. The summed E-state index contributed by atoms with van der Waals surface area (Å²) in [5, 5.41) is 9.20. The first kappa shape index (κ1) is 14.0. The van der Waals surface area contributed by atoms with E-state index in [0.29, 0.717) is 11.5 Å². The van der Waals surface area contributed by atoms with Crippen molar-refractivity contribution in [1.82, 2.24) is 0 Å². The Labute approximate surface area is 120 Å². The molecule has 1 N–H and O–H groups in total. The van der Waals surface area contributed by atoms with Gasteiger partial charge in [0.15, 0.2) is 0 Å². The summed E-state index contributed by atoms with van der Waals surface area (Å²) in [6.07, 6.45) is 0. The van der Waals surface area contributed by atoms with Gasteiger partial charge >= 0.3 is 0 Å². The van der Waals surface area contributed by atoms with Gasteiger partial charge < -0.3 is 9.84 Å². The molecule has 0 aliphatic rings. The molecule has 2 nitrogen and oxygen atoms in total. The molecule has 4 heteroatoms. The molecule has 2 rings (SSSR count). The second-order valence-corrected chi connectivity index (χ2v) is 5.14. The molecular weight excluding hydrogens is 311 g/mol. The Morgan fingerprint density at radius 2 is 1.84 bits per heavy atom. The van der Waals surface area contributed by atoms with Gasteiger partial charge in [0.25, 0.3) is 0 Å². The number of halogens is 2. The number of aliphatic hydroxyl groups excluding tert-OH is 1. The van der Waals surface area contributed by atoms with Crippen LogP contribution in [0.1, 0.15) is 16.7 Å². The monoisotopic (exact) mass is 324 g/mol. The van der Waals surface area contributed by atoms with E-state index in [2.05, 4.69) is 15.9 Å². The van der Waals surface area contributed by atoms with E-state index < -0.39 is 12.4 Å². The molecule has 100 valence electrons. The smallest absolute Gasteiger partial charge is 0.135 e. The molecule has 0 unspecified atom stereocenters. The highest BCUT2D eigenvalue weighted by atomic mass is 79.9. The Bertz CT molecular complexity index is 588. The van der Waals surface area contributed by atoms with Crippen molar-refractivity contribution < 1.29 is 14.2 Å². The molecule has 0 aliphatic carbocycles. The van der Waals surface area contributed by atoms with Crippen molar-refractivity contribution in [2.75, 3.05) is 0 Å². The average Bonchev–Trinajstić information content (AvgIpc) is 2.36. The van der Waals surface area contributed by atoms with Crippen molar-refractivity contribution in [3.63, 3.8) is 0 Å². The zero-order chi connectivity index (χ0) is 14.0. The lowest BCUT2D eigenvalue weighted by molar-refractivity contribution is 0.270. The lowest BCUT2D eigenvalue weighted by atomic mass is 10.1. The molecule has 0 atom stereocenters. The quantitative estimate of drug-likeness (QED) is 0.901. The number of hydrogen-bond donors (Lipinski definition) is 1. The largest absolute Gasteiger partial charge is 0.457 e. The Morgan fingerprint density at radius 3 is 2.42 bits per heavy atom. The van der Waals surface area contributed by atoms with Gasteiger partial charge in [0, 0.05) is 4.47 Å². The minimum absolute atomic E-state index is 0.167. The summed E-state index contributed by atoms with van der Waals surface area (Å²) in [6.45, 7) is 3.53. The number of hydrogen-bond acceptors (Lipinski definition) is 2. The van der Waals surface area contributed by atoms with Gasteiger partial charge in [0.1, 0.15) is 17.3 Å². The van der Waals surface area contributed by atoms with Gasteiger partial charge in [-0.2, -0.15) is 0 Å². The van der Waals surface area contributed by atoms with E-state index >= 15 is 0 Å². The van der Waals surface area contributed by atoms with Crippen LogP contribution in [0.25, 0.3) is 0 Å². The number of aryl methyl sites for hydroxylation is 2. The van der Waals surface area contributed by atoms with Gasteiger partial charge in [-0.3, -0.25) is 0 Å². The molecule has 19 heavy (non-hydrogen) atoms. The van der Waals surface area contributed by atoms with Crippen molar-refractivity contribution in [1.29, 1.82) is 0 Å². The molecule has 0 saturated carbocycles. The molecule has 0 saturated heterocycles. The number of rotatable bonds is 3. The van der Waals surface area contributed by atoms with Crippen LogP contribution in [-0.4, -0.2) is 5.11 Å². The first-order chi connectivity index (χ1) is 9.02. The van der Waals surface area contributed by atoms with E-state index in [-0.39, 0.29) is 5.56 Å². The Kier molecular flexibility index (Phi) is 4.22. The van der Waals surface area contributed by atoms with E-state index in [1.165, 1.54) is 6.07 Å². The molecule has 0 spiro atoms. The summed E-state index contributed by atoms with van der Waals surface area (Å²) in [5.41, 5.74) is 2.25. The van der Waals surface area contributed by atoms with Gasteiger partial charge in [-0.05, 0) is 49.2 Å². The van der Waals surface area contributed by atoms with Crippen LogP contribution in [0.4, 0.5) is 4.39 Å². The summed E-state index contributed by atoms with van der Waals surface area (Å²) >= 11 is 3.48. The van der Waals surface area contributed by atoms with Gasteiger partial charge in [0.05, 0.1) is 12.2 Å². The summed E-state index contributed by atoms with van der Waals surface area (Å²) in [6, 6.07) is 8.23. The lowest BCUT2D eigenvalue weighted by Crippen LogP contribution is -1.96. The van der Waals surface area contributed by atoms with Gasteiger partial charge in [-0.15, -0.1) is 0 Å². The highest BCUT2D eigenvalue weighted by Gasteiger charge is 2.10. The molecule has 0 aliphatic heterocycles. The summed E-state index contributed by atoms with van der Waals surface area (Å²) < 4.78 is 20.2. The lowest BCUT2D eigenvalue weighted by Gasteiger charge is -2.12. The predicted octanol–water partition coefficient (Wildman–Crippen LogP) is 4.49. The molecule has 0 heterocycles. The summed E-state index contributed by atoms with van der Waals surface area (Å²) in [7, 11) is 0. The van der Waals surface area contributed by atoms with Crippen LogP contribution >= 0.6 is 15.9 Å². The fraction of sp³-hybridized carbons (Fsp3) is 0.200. The fourth-order valence-corrected chi connectivity index (χ4v) is 2.11. The fourth-order valence-electron chi connectivity index (χ4n) is 1.88. The minimum atomic E-state index is -0.467. The van der Waals surface area contributed by atoms with Crippen LogP contribution in [0.3, 0.4) is 0 Å². The zero-order valence-electron chi connectivity index (χ0n) is 10.7. The van der Waals surface area contributed by atoms with Crippen molar-refractivity contribution in [3.05, 3.63) is 57.3 Å². The number of aliphatic hydroxyl groups is 1. The highest BCUT2D eigenvalue weighted by Crippen LogP contribution is 2.31. The van der Waals surface area contributed by atoms with Crippen molar-refractivity contribution >= 4 is 15.9 Å². The molecule has 0 amide bonds. The zero-order valence-corrected chi connectivity index (χ0v) is 12.3. The molecule has 0 fully saturated rings. The van der Waals surface area contributed by atoms with E-state index in [0.717, 1.165) is 15.6 Å². The molecule has 2 aromatic carbocycles. The number of benzene rings is 2. The summed E-state index contributed by atoms with van der Waals surface area (Å²) in [5.74, 6) is 0.493. The van der Waals surface area contributed by atoms with Crippen LogP contribution in [0.5, 0.6) is 11.5 Å². The Morgan fingerprint density at radius 1 is 1.21 bits per heavy atom. The number of ether oxygens (including phenoxy) is 1. The van der Waals surface area contributed by atoms with Crippen LogP contribution in [-0.2, 0) is 6.61 Å². The van der Waals surface area contributed by atoms with E-state index in [1.54, 1.807) is 12.1 Å². The second kappa shape index (κ2) is 5.72. The Balaban J connectivity index is 2.39. The third-order valence-electron chi connectivity index (χ3n) is 2.87. The van der Waals surface area contributed by atoms with E-state index in [4.69, 9.17) is 4.74 Å². The highest BCUT2D eigenvalue weighted by molar-refractivity contribution is 9.10. The standard InChI is InChI=1S/C15H14BrFO2/c1-9-6-11(7-10(2)15(9)16)19-14-5-3-4-13(17)12(14)8-18/h3-7,18H,8H2,1-2H3. The van der Waals surface area contributed by atoms with Crippen LogP contribution in [0, 0.1) is 19.7 Å². The van der Waals surface area contributed by atoms with Gasteiger partial charge in [0.2, 0.25) is 0 Å². The maximum absolute atomic E-state index is 13.5. The molecule has 0 bridgehead atoms. The maximum atomic E-state index is 13.5. The first-order valence-corrected chi connectivity index (χ1v) is 6.65. The van der Waals surface area contributed by atoms with E-state index in [9.17, 15) is 9.50 Å². The third-order valence-corrected chi connectivity index (χ3v) is 4.12. The maximum Gasteiger partial charge on any atom is 0.135 e. The van der Waals surface area contributed by atoms with Crippen molar-refractivity contribution in [2.24, 2.45) is 0 Å². The predicted molar refractivity (Wildman–Crippen MR) is 76.0 cm³/mol. The van der Waals surface area contributed by atoms with E-state index in [1.807, 2.05) is 26.0 Å². The first-order valence-electron chi connectivity index (χ1n) is 5.85.